The third-order valence-corrected chi connectivity index (χ3v) is 2.41. The van der Waals surface area contributed by atoms with Crippen molar-refractivity contribution in [1.29, 1.82) is 0 Å². The highest BCUT2D eigenvalue weighted by Gasteiger charge is 2.44. The van der Waals surface area contributed by atoms with Crippen LogP contribution in [-0.2, 0) is 0 Å². The quantitative estimate of drug-likeness (QED) is 0.303. The van der Waals surface area contributed by atoms with E-state index in [9.17, 15) is 10.2 Å². The Kier molecular flexibility index (Phi) is 2.70. The van der Waals surface area contributed by atoms with Gasteiger partial charge in [0, 0.05) is 6.54 Å². The van der Waals surface area contributed by atoms with Gasteiger partial charge in [-0.3, -0.25) is 0 Å². The van der Waals surface area contributed by atoms with Crippen LogP contribution in [0.2, 0.25) is 0 Å². The first-order valence-electron chi connectivity index (χ1n) is 3.91. The van der Waals surface area contributed by atoms with Crippen molar-refractivity contribution in [3.8, 4) is 0 Å². The van der Waals surface area contributed by atoms with Crippen molar-refractivity contribution in [3.63, 3.8) is 0 Å². The fourth-order valence-electron chi connectivity index (χ4n) is 1.30. The smallest absolute Gasteiger partial charge is 0.109 e. The van der Waals surface area contributed by atoms with Crippen LogP contribution < -0.4 is 5.32 Å². The van der Waals surface area contributed by atoms with Crippen molar-refractivity contribution in [1.82, 2.24) is 5.32 Å². The van der Waals surface area contributed by atoms with Gasteiger partial charge in [0.2, 0.25) is 0 Å². The summed E-state index contributed by atoms with van der Waals surface area (Å²) in [5.41, 5.74) is -0.918. The molecule has 1 aliphatic heterocycles. The lowest BCUT2D eigenvalue weighted by atomic mass is 9.85. The predicted molar refractivity (Wildman–Crippen MR) is 41.5 cm³/mol. The molecule has 12 heavy (non-hydrogen) atoms. The van der Waals surface area contributed by atoms with Gasteiger partial charge in [0.25, 0.3) is 0 Å². The molecule has 0 amide bonds. The van der Waals surface area contributed by atoms with Crippen LogP contribution in [0.15, 0.2) is 0 Å². The molecule has 5 N–H and O–H groups in total. The van der Waals surface area contributed by atoms with E-state index in [1.807, 2.05) is 0 Å². The van der Waals surface area contributed by atoms with E-state index in [1.54, 1.807) is 6.92 Å². The molecule has 0 aromatic heterocycles. The third-order valence-electron chi connectivity index (χ3n) is 2.41. The van der Waals surface area contributed by atoms with Crippen LogP contribution in [0.1, 0.15) is 6.92 Å². The molecule has 0 spiro atoms. The Morgan fingerprint density at radius 1 is 1.42 bits per heavy atom. The largest absolute Gasteiger partial charge is 0.394 e. The highest BCUT2D eigenvalue weighted by Crippen LogP contribution is 2.19. The molecule has 0 unspecified atom stereocenters. The summed E-state index contributed by atoms with van der Waals surface area (Å²) in [6, 6.07) is 0. The molecule has 1 rings (SSSR count). The first kappa shape index (κ1) is 9.88. The number of aliphatic hydroxyl groups excluding tert-OH is 4. The Morgan fingerprint density at radius 3 is 2.50 bits per heavy atom. The number of hydrogen-bond donors (Lipinski definition) is 5. The van der Waals surface area contributed by atoms with Gasteiger partial charge in [-0.2, -0.15) is 0 Å². The van der Waals surface area contributed by atoms with Gasteiger partial charge in [0.15, 0.2) is 0 Å². The van der Waals surface area contributed by atoms with Gasteiger partial charge in [0.05, 0.1) is 18.2 Å². The summed E-state index contributed by atoms with van der Waals surface area (Å²) < 4.78 is 0. The molecule has 0 aromatic rings. The van der Waals surface area contributed by atoms with Crippen LogP contribution in [0.25, 0.3) is 0 Å². The summed E-state index contributed by atoms with van der Waals surface area (Å²) >= 11 is 0. The van der Waals surface area contributed by atoms with E-state index in [2.05, 4.69) is 5.32 Å². The van der Waals surface area contributed by atoms with E-state index in [4.69, 9.17) is 10.2 Å². The van der Waals surface area contributed by atoms with E-state index in [-0.39, 0.29) is 13.2 Å². The third kappa shape index (κ3) is 1.46. The Bertz CT molecular complexity index is 165. The second kappa shape index (κ2) is 3.27. The van der Waals surface area contributed by atoms with Crippen LogP contribution in [0.5, 0.6) is 0 Å². The molecule has 1 fully saturated rings. The average Bonchev–Trinajstić information content (AvgIpc) is 2.09. The van der Waals surface area contributed by atoms with Crippen molar-refractivity contribution < 1.29 is 20.4 Å². The van der Waals surface area contributed by atoms with Crippen molar-refractivity contribution in [2.75, 3.05) is 13.2 Å². The topological polar surface area (TPSA) is 93.0 Å². The first-order chi connectivity index (χ1) is 5.51. The van der Waals surface area contributed by atoms with Gasteiger partial charge in [-0.05, 0) is 6.92 Å². The number of rotatable bonds is 1. The molecule has 0 aliphatic carbocycles. The normalized spacial score (nSPS) is 49.2. The van der Waals surface area contributed by atoms with Gasteiger partial charge in [0.1, 0.15) is 12.2 Å². The highest BCUT2D eigenvalue weighted by molar-refractivity contribution is 5.01. The summed E-state index contributed by atoms with van der Waals surface area (Å²) in [6.07, 6.45) is -3.31. The Hall–Kier alpha value is -0.200. The maximum Gasteiger partial charge on any atom is 0.109 e. The maximum atomic E-state index is 9.43. The maximum absolute atomic E-state index is 9.43. The number of aliphatic hydroxyl groups is 4. The number of nitrogens with one attached hydrogen (secondary N) is 1. The molecule has 0 radical (unpaired) electrons. The molecule has 5 nitrogen and oxygen atoms in total. The van der Waals surface area contributed by atoms with E-state index in [0.29, 0.717) is 0 Å². The van der Waals surface area contributed by atoms with Crippen molar-refractivity contribution in [2.45, 2.75) is 30.8 Å². The Morgan fingerprint density at radius 2 is 2.00 bits per heavy atom. The van der Waals surface area contributed by atoms with E-state index >= 15 is 0 Å². The Labute approximate surface area is 70.6 Å². The number of β-amino-alcohol motifs (C(OH)–C–C–N with tert-alkyl or cyclic N) is 1. The summed E-state index contributed by atoms with van der Waals surface area (Å²) in [5, 5.41) is 39.5. The summed E-state index contributed by atoms with van der Waals surface area (Å²) in [4.78, 5) is 0. The van der Waals surface area contributed by atoms with Gasteiger partial charge in [-0.15, -0.1) is 0 Å². The minimum absolute atomic E-state index is 0.176. The minimum Gasteiger partial charge on any atom is -0.394 e. The lowest BCUT2D eigenvalue weighted by Crippen LogP contribution is -2.68. The molecule has 4 atom stereocenters. The molecule has 0 aromatic carbocycles. The first-order valence-corrected chi connectivity index (χ1v) is 3.91. The van der Waals surface area contributed by atoms with Crippen LogP contribution >= 0.6 is 0 Å². The highest BCUT2D eigenvalue weighted by atomic mass is 16.4. The Balaban J connectivity index is 2.71. The molecule has 1 aliphatic rings. The van der Waals surface area contributed by atoms with Crippen LogP contribution in [-0.4, -0.2) is 57.4 Å². The van der Waals surface area contributed by atoms with Gasteiger partial charge in [-0.25, -0.2) is 0 Å². The molecule has 1 heterocycles. The molecule has 72 valence electrons. The SMILES string of the molecule is C[C@@]1(CO)NC[C@H](O)[C@@H](O)[C@@H]1O. The fraction of sp³-hybridized carbons (Fsp3) is 1.00. The lowest BCUT2D eigenvalue weighted by molar-refractivity contribution is -0.128. The fourth-order valence-corrected chi connectivity index (χ4v) is 1.30. The molecule has 1 saturated heterocycles. The van der Waals surface area contributed by atoms with Crippen molar-refractivity contribution in [3.05, 3.63) is 0 Å². The van der Waals surface area contributed by atoms with Crippen molar-refractivity contribution >= 4 is 0 Å². The average molecular weight is 177 g/mol. The zero-order chi connectivity index (χ0) is 9.35. The van der Waals surface area contributed by atoms with Gasteiger partial charge >= 0.3 is 0 Å². The summed E-state index contributed by atoms with van der Waals surface area (Å²) in [5.74, 6) is 0. The lowest BCUT2D eigenvalue weighted by Gasteiger charge is -2.43. The monoisotopic (exact) mass is 177 g/mol. The zero-order valence-electron chi connectivity index (χ0n) is 6.94. The molecular weight excluding hydrogens is 162 g/mol. The minimum atomic E-state index is -1.19. The number of piperidine rings is 1. The molecule has 0 bridgehead atoms. The zero-order valence-corrected chi connectivity index (χ0v) is 6.94. The number of hydrogen-bond acceptors (Lipinski definition) is 5. The summed E-state index contributed by atoms with van der Waals surface area (Å²) in [7, 11) is 0. The van der Waals surface area contributed by atoms with E-state index in [1.165, 1.54) is 0 Å². The summed E-state index contributed by atoms with van der Waals surface area (Å²) in [6.45, 7) is 1.49. The molecular formula is C7H15NO4. The second-order valence-electron chi connectivity index (χ2n) is 3.46. The van der Waals surface area contributed by atoms with Gasteiger partial charge in [-0.1, -0.05) is 0 Å². The second-order valence-corrected chi connectivity index (χ2v) is 3.46. The van der Waals surface area contributed by atoms with E-state index < -0.39 is 23.9 Å². The van der Waals surface area contributed by atoms with Gasteiger partial charge < -0.3 is 25.7 Å². The van der Waals surface area contributed by atoms with Crippen LogP contribution in [0, 0.1) is 0 Å². The molecule has 0 saturated carbocycles. The van der Waals surface area contributed by atoms with Crippen molar-refractivity contribution in [2.24, 2.45) is 0 Å². The standard InChI is InChI=1S/C7H15NO4/c1-7(3-9)6(12)5(11)4(10)2-8-7/h4-6,8-12H,2-3H2,1H3/t4-,5+,6-,7-/m0/s1. The van der Waals surface area contributed by atoms with E-state index in [0.717, 1.165) is 0 Å². The molecule has 5 heteroatoms. The van der Waals surface area contributed by atoms with Crippen LogP contribution in [0.4, 0.5) is 0 Å². The van der Waals surface area contributed by atoms with Crippen LogP contribution in [0.3, 0.4) is 0 Å². The predicted octanol–water partition coefficient (Wildman–Crippen LogP) is -2.58.